The van der Waals surface area contributed by atoms with E-state index in [2.05, 4.69) is 10.5 Å². The Morgan fingerprint density at radius 2 is 1.84 bits per heavy atom. The van der Waals surface area contributed by atoms with Gasteiger partial charge in [0, 0.05) is 22.0 Å². The number of para-hydroxylation sites is 1. The first-order chi connectivity index (χ1) is 14.9. The van der Waals surface area contributed by atoms with Crippen molar-refractivity contribution < 1.29 is 14.3 Å². The number of halogens is 1. The lowest BCUT2D eigenvalue weighted by atomic mass is 10.1. The van der Waals surface area contributed by atoms with Crippen molar-refractivity contribution in [3.63, 3.8) is 0 Å². The number of rotatable bonds is 7. The Hall–Kier alpha value is -3.38. The number of carbonyl (C=O) groups excluding carboxylic acids is 2. The average molecular weight is 438 g/mol. The largest absolute Gasteiger partial charge is 0.462 e. The quantitative estimate of drug-likeness (QED) is 0.333. The molecular weight excluding hydrogens is 414 g/mol. The zero-order valence-electron chi connectivity index (χ0n) is 17.7. The second kappa shape index (κ2) is 10.1. The van der Waals surface area contributed by atoms with E-state index in [9.17, 15) is 9.59 Å². The van der Waals surface area contributed by atoms with Crippen LogP contribution in [0.1, 0.15) is 39.8 Å². The van der Waals surface area contributed by atoms with Gasteiger partial charge in [0.2, 0.25) is 5.91 Å². The summed E-state index contributed by atoms with van der Waals surface area (Å²) in [6.45, 7) is 5.98. The smallest absolute Gasteiger partial charge is 0.340 e. The number of aromatic nitrogens is 1. The highest BCUT2D eigenvalue weighted by Crippen LogP contribution is 2.23. The molecular formula is C24H24ClN3O3. The van der Waals surface area contributed by atoms with Crippen LogP contribution in [0.2, 0.25) is 5.02 Å². The second-order valence-electron chi connectivity index (χ2n) is 7.00. The summed E-state index contributed by atoms with van der Waals surface area (Å²) in [4.78, 5) is 24.5. The zero-order valence-corrected chi connectivity index (χ0v) is 18.4. The molecule has 160 valence electrons. The maximum Gasteiger partial charge on any atom is 0.340 e. The third-order valence-electron chi connectivity index (χ3n) is 4.78. The maximum atomic E-state index is 12.4. The molecule has 7 heteroatoms. The molecule has 1 aromatic heterocycles. The van der Waals surface area contributed by atoms with E-state index in [0.717, 1.165) is 28.2 Å². The minimum Gasteiger partial charge on any atom is -0.462 e. The first-order valence-corrected chi connectivity index (χ1v) is 10.3. The Morgan fingerprint density at radius 3 is 2.55 bits per heavy atom. The summed E-state index contributed by atoms with van der Waals surface area (Å²) < 4.78 is 7.17. The minimum absolute atomic E-state index is 0.209. The molecule has 0 atom stereocenters. The molecule has 0 saturated carbocycles. The summed E-state index contributed by atoms with van der Waals surface area (Å²) in [5.41, 5.74) is 7.30. The van der Waals surface area contributed by atoms with Crippen molar-refractivity contribution in [3.8, 4) is 5.69 Å². The van der Waals surface area contributed by atoms with Crippen LogP contribution in [0.3, 0.4) is 0 Å². The van der Waals surface area contributed by atoms with Gasteiger partial charge in [-0.05, 0) is 56.7 Å². The molecule has 3 rings (SSSR count). The van der Waals surface area contributed by atoms with E-state index in [-0.39, 0.29) is 18.3 Å². The summed E-state index contributed by atoms with van der Waals surface area (Å²) in [7, 11) is 0. The number of ether oxygens (including phenoxy) is 1. The molecule has 0 bridgehead atoms. The van der Waals surface area contributed by atoms with Crippen LogP contribution in [0.5, 0.6) is 0 Å². The van der Waals surface area contributed by atoms with Crippen LogP contribution in [-0.2, 0) is 16.0 Å². The Bertz CT molecular complexity index is 1120. The van der Waals surface area contributed by atoms with Crippen LogP contribution in [0.4, 0.5) is 0 Å². The predicted molar refractivity (Wildman–Crippen MR) is 122 cm³/mol. The summed E-state index contributed by atoms with van der Waals surface area (Å²) in [6.07, 6.45) is 1.81. The molecule has 1 amide bonds. The molecule has 1 heterocycles. The summed E-state index contributed by atoms with van der Waals surface area (Å²) >= 11 is 5.86. The van der Waals surface area contributed by atoms with Gasteiger partial charge in [0.05, 0.1) is 30.5 Å². The van der Waals surface area contributed by atoms with Gasteiger partial charge in [0.25, 0.3) is 0 Å². The lowest BCUT2D eigenvalue weighted by Gasteiger charge is -2.14. The van der Waals surface area contributed by atoms with Crippen molar-refractivity contribution in [1.29, 1.82) is 0 Å². The number of hydrogen-bond acceptors (Lipinski definition) is 4. The van der Waals surface area contributed by atoms with E-state index >= 15 is 0 Å². The molecule has 0 spiro atoms. The molecule has 0 fully saturated rings. The number of esters is 1. The third kappa shape index (κ3) is 5.41. The number of nitrogens with one attached hydrogen (secondary N) is 1. The van der Waals surface area contributed by atoms with E-state index in [1.165, 1.54) is 0 Å². The van der Waals surface area contributed by atoms with Gasteiger partial charge in [-0.15, -0.1) is 0 Å². The number of hydrazone groups is 1. The van der Waals surface area contributed by atoms with Gasteiger partial charge in [-0.3, -0.25) is 4.79 Å². The Morgan fingerprint density at radius 1 is 1.13 bits per heavy atom. The molecule has 0 aliphatic rings. The van der Waals surface area contributed by atoms with Crippen molar-refractivity contribution in [2.24, 2.45) is 5.10 Å². The second-order valence-corrected chi connectivity index (χ2v) is 7.43. The molecule has 1 N–H and O–H groups in total. The van der Waals surface area contributed by atoms with Crippen LogP contribution in [-0.4, -0.2) is 29.3 Å². The fourth-order valence-corrected chi connectivity index (χ4v) is 3.47. The molecule has 0 aliphatic heterocycles. The van der Waals surface area contributed by atoms with Crippen LogP contribution in [0.15, 0.2) is 59.7 Å². The average Bonchev–Trinajstić information content (AvgIpc) is 3.03. The Labute approximate surface area is 186 Å². The van der Waals surface area contributed by atoms with Crippen molar-refractivity contribution >= 4 is 29.7 Å². The molecule has 2 aromatic carbocycles. The zero-order chi connectivity index (χ0) is 22.4. The van der Waals surface area contributed by atoms with Crippen LogP contribution in [0.25, 0.3) is 5.69 Å². The van der Waals surface area contributed by atoms with E-state index in [1.54, 1.807) is 43.5 Å². The summed E-state index contributed by atoms with van der Waals surface area (Å²) in [5.74, 6) is -0.588. The fraction of sp³-hybridized carbons (Fsp3) is 0.208. The molecule has 0 radical (unpaired) electrons. The molecule has 6 nitrogen and oxygen atoms in total. The van der Waals surface area contributed by atoms with Gasteiger partial charge in [-0.1, -0.05) is 35.9 Å². The van der Waals surface area contributed by atoms with Crippen molar-refractivity contribution in [3.05, 3.63) is 87.7 Å². The number of carbonyl (C=O) groups is 2. The summed E-state index contributed by atoms with van der Waals surface area (Å²) in [6, 6.07) is 16.4. The standard InChI is InChI=1S/C24H24ClN3O3/c1-4-31-24(30)21-7-5-6-8-22(21)28-16(2)13-19(17(28)3)15-26-27-23(29)14-18-9-11-20(25)12-10-18/h5-13,15H,4,14H2,1-3H3,(H,27,29)/b26-15-. The predicted octanol–water partition coefficient (Wildman–Crippen LogP) is 4.62. The van der Waals surface area contributed by atoms with Crippen molar-refractivity contribution in [1.82, 2.24) is 9.99 Å². The van der Waals surface area contributed by atoms with Gasteiger partial charge in [-0.25, -0.2) is 10.2 Å². The monoisotopic (exact) mass is 437 g/mol. The maximum absolute atomic E-state index is 12.4. The molecule has 31 heavy (non-hydrogen) atoms. The van der Waals surface area contributed by atoms with Crippen molar-refractivity contribution in [2.75, 3.05) is 6.61 Å². The van der Waals surface area contributed by atoms with Gasteiger partial charge in [0.1, 0.15) is 0 Å². The molecule has 0 unspecified atom stereocenters. The molecule has 0 saturated heterocycles. The molecule has 0 aliphatic carbocycles. The van der Waals surface area contributed by atoms with Gasteiger partial charge in [-0.2, -0.15) is 5.10 Å². The topological polar surface area (TPSA) is 72.7 Å². The van der Waals surface area contributed by atoms with E-state index in [0.29, 0.717) is 17.2 Å². The lowest BCUT2D eigenvalue weighted by molar-refractivity contribution is -0.120. The highest BCUT2D eigenvalue weighted by molar-refractivity contribution is 6.30. The molecule has 3 aromatic rings. The summed E-state index contributed by atoms with van der Waals surface area (Å²) in [5, 5.41) is 4.72. The number of amides is 1. The van der Waals surface area contributed by atoms with Gasteiger partial charge >= 0.3 is 5.97 Å². The normalized spacial score (nSPS) is 11.0. The van der Waals surface area contributed by atoms with E-state index in [4.69, 9.17) is 16.3 Å². The highest BCUT2D eigenvalue weighted by Gasteiger charge is 2.17. The highest BCUT2D eigenvalue weighted by atomic mass is 35.5. The SMILES string of the molecule is CCOC(=O)c1ccccc1-n1c(C)cc(/C=N\NC(=O)Cc2ccc(Cl)cc2)c1C. The Kier molecular flexibility index (Phi) is 7.26. The first kappa shape index (κ1) is 22.3. The number of nitrogens with zero attached hydrogens (tertiary/aromatic N) is 2. The number of hydrogen-bond donors (Lipinski definition) is 1. The lowest BCUT2D eigenvalue weighted by Crippen LogP contribution is -2.19. The number of benzene rings is 2. The van der Waals surface area contributed by atoms with Gasteiger partial charge in [0.15, 0.2) is 0 Å². The van der Waals surface area contributed by atoms with Crippen LogP contribution < -0.4 is 5.43 Å². The third-order valence-corrected chi connectivity index (χ3v) is 5.03. The van der Waals surface area contributed by atoms with E-state index in [1.807, 2.05) is 42.7 Å². The Balaban J connectivity index is 1.77. The van der Waals surface area contributed by atoms with Crippen molar-refractivity contribution in [2.45, 2.75) is 27.2 Å². The first-order valence-electron chi connectivity index (χ1n) is 9.92. The van der Waals surface area contributed by atoms with Crippen LogP contribution >= 0.6 is 11.6 Å². The van der Waals surface area contributed by atoms with E-state index < -0.39 is 0 Å². The minimum atomic E-state index is -0.365. The number of aryl methyl sites for hydroxylation is 1. The fourth-order valence-electron chi connectivity index (χ4n) is 3.34. The van der Waals surface area contributed by atoms with Gasteiger partial charge < -0.3 is 9.30 Å². The van der Waals surface area contributed by atoms with Crippen LogP contribution in [0, 0.1) is 13.8 Å².